The van der Waals surface area contributed by atoms with Crippen molar-refractivity contribution in [3.8, 4) is 0 Å². The van der Waals surface area contributed by atoms with E-state index in [0.717, 1.165) is 18.5 Å². The summed E-state index contributed by atoms with van der Waals surface area (Å²) in [5.41, 5.74) is 6.61. The van der Waals surface area contributed by atoms with E-state index in [-0.39, 0.29) is 12.1 Å². The lowest BCUT2D eigenvalue weighted by Crippen LogP contribution is -2.49. The van der Waals surface area contributed by atoms with Crippen LogP contribution in [-0.2, 0) is 0 Å². The number of anilines is 1. The highest BCUT2D eigenvalue weighted by Crippen LogP contribution is 2.28. The van der Waals surface area contributed by atoms with Crippen molar-refractivity contribution in [2.24, 2.45) is 11.7 Å². The minimum Gasteiger partial charge on any atom is -0.330 e. The molecule has 2 atom stereocenters. The first-order chi connectivity index (χ1) is 10.2. The minimum atomic E-state index is -0.0647. The third-order valence-electron chi connectivity index (χ3n) is 4.25. The summed E-state index contributed by atoms with van der Waals surface area (Å²) < 4.78 is 0. The van der Waals surface area contributed by atoms with E-state index < -0.39 is 0 Å². The van der Waals surface area contributed by atoms with Crippen LogP contribution in [0, 0.1) is 5.92 Å². The first-order valence-corrected chi connectivity index (χ1v) is 8.06. The van der Waals surface area contributed by atoms with Crippen molar-refractivity contribution in [2.45, 2.75) is 38.6 Å². The van der Waals surface area contributed by atoms with Gasteiger partial charge in [-0.1, -0.05) is 30.5 Å². The van der Waals surface area contributed by atoms with E-state index in [9.17, 15) is 4.79 Å². The number of hydrogen-bond acceptors (Lipinski definition) is 2. The van der Waals surface area contributed by atoms with E-state index >= 15 is 0 Å². The second kappa shape index (κ2) is 7.66. The molecule has 0 aliphatic heterocycles. The summed E-state index contributed by atoms with van der Waals surface area (Å²) in [6.45, 7) is 3.35. The maximum atomic E-state index is 12.5. The molecular formula is C16H24ClN3O. The predicted octanol–water partition coefficient (Wildman–Crippen LogP) is 3.71. The van der Waals surface area contributed by atoms with Crippen LogP contribution >= 0.6 is 11.6 Å². The topological polar surface area (TPSA) is 58.4 Å². The molecule has 1 aromatic rings. The van der Waals surface area contributed by atoms with Crippen molar-refractivity contribution in [1.29, 1.82) is 0 Å². The van der Waals surface area contributed by atoms with Crippen molar-refractivity contribution in [3.63, 3.8) is 0 Å². The molecule has 0 bridgehead atoms. The van der Waals surface area contributed by atoms with Gasteiger partial charge in [0.15, 0.2) is 0 Å². The van der Waals surface area contributed by atoms with E-state index in [4.69, 9.17) is 17.3 Å². The van der Waals surface area contributed by atoms with Crippen LogP contribution in [0.1, 0.15) is 32.6 Å². The standard InChI is InChI=1S/C16H24ClN3O/c1-2-20(15-9-4-3-6-12(15)11-18)16(21)19-14-8-5-7-13(17)10-14/h5,7-8,10,12,15H,2-4,6,9,11,18H2,1H3,(H,19,21). The lowest BCUT2D eigenvalue weighted by Gasteiger charge is -2.39. The fourth-order valence-corrected chi connectivity index (χ4v) is 3.35. The second-order valence-corrected chi connectivity index (χ2v) is 6.01. The Bertz CT molecular complexity index is 480. The molecule has 0 spiro atoms. The number of carbonyl (C=O) groups is 1. The van der Waals surface area contributed by atoms with Crippen molar-refractivity contribution < 1.29 is 4.79 Å². The Morgan fingerprint density at radius 2 is 2.19 bits per heavy atom. The fraction of sp³-hybridized carbons (Fsp3) is 0.562. The Morgan fingerprint density at radius 1 is 1.43 bits per heavy atom. The summed E-state index contributed by atoms with van der Waals surface area (Å²) in [4.78, 5) is 14.5. The van der Waals surface area contributed by atoms with Crippen LogP contribution in [0.15, 0.2) is 24.3 Å². The summed E-state index contributed by atoms with van der Waals surface area (Å²) in [5.74, 6) is 0.406. The molecule has 1 saturated carbocycles. The highest BCUT2D eigenvalue weighted by Gasteiger charge is 2.31. The largest absolute Gasteiger partial charge is 0.330 e. The monoisotopic (exact) mass is 309 g/mol. The molecule has 0 aromatic heterocycles. The summed E-state index contributed by atoms with van der Waals surface area (Å²) in [5, 5.41) is 3.56. The lowest BCUT2D eigenvalue weighted by atomic mass is 9.83. The normalized spacial score (nSPS) is 21.9. The Balaban J connectivity index is 2.07. The molecule has 2 unspecified atom stereocenters. The lowest BCUT2D eigenvalue weighted by molar-refractivity contribution is 0.135. The zero-order chi connectivity index (χ0) is 15.2. The number of rotatable bonds is 4. The van der Waals surface area contributed by atoms with Gasteiger partial charge in [0.1, 0.15) is 0 Å². The molecule has 1 fully saturated rings. The molecule has 1 aromatic carbocycles. The average Bonchev–Trinajstić information content (AvgIpc) is 2.48. The smallest absolute Gasteiger partial charge is 0.322 e. The minimum absolute atomic E-state index is 0.0647. The van der Waals surface area contributed by atoms with E-state index in [1.54, 1.807) is 12.1 Å². The number of halogens is 1. The zero-order valence-electron chi connectivity index (χ0n) is 12.5. The number of amides is 2. The van der Waals surface area contributed by atoms with Gasteiger partial charge in [-0.05, 0) is 50.4 Å². The number of urea groups is 1. The second-order valence-electron chi connectivity index (χ2n) is 5.57. The SMILES string of the molecule is CCN(C(=O)Nc1cccc(Cl)c1)C1CCCCC1CN. The van der Waals surface area contributed by atoms with Crippen LogP contribution in [0.4, 0.5) is 10.5 Å². The van der Waals surface area contributed by atoms with Crippen molar-refractivity contribution >= 4 is 23.3 Å². The van der Waals surface area contributed by atoms with Crippen LogP contribution < -0.4 is 11.1 Å². The van der Waals surface area contributed by atoms with E-state index in [2.05, 4.69) is 5.32 Å². The highest BCUT2D eigenvalue weighted by atomic mass is 35.5. The summed E-state index contributed by atoms with van der Waals surface area (Å²) in [7, 11) is 0. The van der Waals surface area contributed by atoms with Gasteiger partial charge in [0.2, 0.25) is 0 Å². The van der Waals surface area contributed by atoms with Gasteiger partial charge in [-0.15, -0.1) is 0 Å². The molecule has 4 nitrogen and oxygen atoms in total. The maximum Gasteiger partial charge on any atom is 0.322 e. The van der Waals surface area contributed by atoms with Gasteiger partial charge < -0.3 is 16.0 Å². The molecule has 5 heteroatoms. The zero-order valence-corrected chi connectivity index (χ0v) is 13.3. The molecule has 1 aliphatic carbocycles. The number of hydrogen-bond donors (Lipinski definition) is 2. The Kier molecular flexibility index (Phi) is 5.88. The molecule has 0 saturated heterocycles. The highest BCUT2D eigenvalue weighted by molar-refractivity contribution is 6.30. The van der Waals surface area contributed by atoms with Crippen LogP contribution in [-0.4, -0.2) is 30.1 Å². The number of nitrogens with zero attached hydrogens (tertiary/aromatic N) is 1. The number of carbonyl (C=O) groups excluding carboxylic acids is 1. The third-order valence-corrected chi connectivity index (χ3v) is 4.48. The van der Waals surface area contributed by atoms with Crippen molar-refractivity contribution in [1.82, 2.24) is 4.90 Å². The Labute approximate surface area is 131 Å². The first kappa shape index (κ1) is 16.1. The van der Waals surface area contributed by atoms with Crippen LogP contribution in [0.5, 0.6) is 0 Å². The molecule has 0 radical (unpaired) electrons. The maximum absolute atomic E-state index is 12.5. The molecular weight excluding hydrogens is 286 g/mol. The van der Waals surface area contributed by atoms with Crippen LogP contribution in [0.3, 0.4) is 0 Å². The Morgan fingerprint density at radius 3 is 2.86 bits per heavy atom. The molecule has 0 heterocycles. The van der Waals surface area contributed by atoms with E-state index in [0.29, 0.717) is 24.0 Å². The third kappa shape index (κ3) is 4.11. The predicted molar refractivity (Wildman–Crippen MR) is 87.7 cm³/mol. The van der Waals surface area contributed by atoms with Gasteiger partial charge in [-0.25, -0.2) is 4.79 Å². The molecule has 116 valence electrons. The summed E-state index contributed by atoms with van der Waals surface area (Å²) >= 11 is 5.95. The number of nitrogens with one attached hydrogen (secondary N) is 1. The molecule has 3 N–H and O–H groups in total. The molecule has 2 amide bonds. The van der Waals surface area contributed by atoms with Crippen molar-refractivity contribution in [2.75, 3.05) is 18.4 Å². The van der Waals surface area contributed by atoms with Crippen molar-refractivity contribution in [3.05, 3.63) is 29.3 Å². The quantitative estimate of drug-likeness (QED) is 0.890. The Hall–Kier alpha value is -1.26. The van der Waals surface area contributed by atoms with Gasteiger partial charge in [-0.2, -0.15) is 0 Å². The molecule has 2 rings (SSSR count). The number of nitrogens with two attached hydrogens (primary N) is 1. The van der Waals surface area contributed by atoms with Gasteiger partial charge in [-0.3, -0.25) is 0 Å². The fourth-order valence-electron chi connectivity index (χ4n) is 3.16. The van der Waals surface area contributed by atoms with Gasteiger partial charge in [0.25, 0.3) is 0 Å². The van der Waals surface area contributed by atoms with Gasteiger partial charge in [0, 0.05) is 23.3 Å². The van der Waals surface area contributed by atoms with Gasteiger partial charge in [0.05, 0.1) is 0 Å². The molecule has 1 aliphatic rings. The van der Waals surface area contributed by atoms with E-state index in [1.165, 1.54) is 12.8 Å². The van der Waals surface area contributed by atoms with Gasteiger partial charge >= 0.3 is 6.03 Å². The summed E-state index contributed by atoms with van der Waals surface area (Å²) in [6.07, 6.45) is 4.54. The molecule has 21 heavy (non-hydrogen) atoms. The van der Waals surface area contributed by atoms with E-state index in [1.807, 2.05) is 24.0 Å². The van der Waals surface area contributed by atoms with Crippen LogP contribution in [0.2, 0.25) is 5.02 Å². The average molecular weight is 310 g/mol. The first-order valence-electron chi connectivity index (χ1n) is 7.69. The number of benzene rings is 1. The summed E-state index contributed by atoms with van der Waals surface area (Å²) in [6, 6.07) is 7.41. The van der Waals surface area contributed by atoms with Crippen LogP contribution in [0.25, 0.3) is 0 Å².